The molecule has 1 N–H and O–H groups in total. The molecule has 0 unspecified atom stereocenters. The zero-order valence-electron chi connectivity index (χ0n) is 7.66. The van der Waals surface area contributed by atoms with Gasteiger partial charge in [-0.15, -0.1) is 0 Å². The smallest absolute Gasteiger partial charge is 0.219 e. The topological polar surface area (TPSA) is 42.4 Å². The molecule has 0 aliphatic heterocycles. The van der Waals surface area contributed by atoms with Gasteiger partial charge in [-0.3, -0.25) is 0 Å². The Bertz CT molecular complexity index is 308. The van der Waals surface area contributed by atoms with Crippen molar-refractivity contribution in [2.75, 3.05) is 7.11 Å². The van der Waals surface area contributed by atoms with Gasteiger partial charge in [0.1, 0.15) is 0 Å². The standard InChI is InChI=1S/C10H13NO2/c1-13-9-8(4-2-7-11-9)10(12)5-3-6-10/h2,4,7,12H,3,5-6H2,1H3. The number of rotatable bonds is 2. The van der Waals surface area contributed by atoms with E-state index in [1.807, 2.05) is 12.1 Å². The number of pyridine rings is 1. The maximum absolute atomic E-state index is 10.1. The number of hydrogen-bond acceptors (Lipinski definition) is 3. The summed E-state index contributed by atoms with van der Waals surface area (Å²) in [5.74, 6) is 0.546. The molecule has 3 nitrogen and oxygen atoms in total. The zero-order valence-corrected chi connectivity index (χ0v) is 7.66. The maximum Gasteiger partial charge on any atom is 0.219 e. The van der Waals surface area contributed by atoms with Crippen LogP contribution < -0.4 is 4.74 Å². The van der Waals surface area contributed by atoms with Gasteiger partial charge < -0.3 is 9.84 Å². The Hall–Kier alpha value is -1.09. The van der Waals surface area contributed by atoms with E-state index in [1.54, 1.807) is 13.3 Å². The third-order valence-corrected chi connectivity index (χ3v) is 2.65. The molecule has 0 bridgehead atoms. The van der Waals surface area contributed by atoms with Gasteiger partial charge in [-0.25, -0.2) is 4.98 Å². The second-order valence-electron chi connectivity index (χ2n) is 3.45. The monoisotopic (exact) mass is 179 g/mol. The molecule has 0 atom stereocenters. The number of hydrogen-bond donors (Lipinski definition) is 1. The first-order valence-electron chi connectivity index (χ1n) is 4.48. The summed E-state index contributed by atoms with van der Waals surface area (Å²) in [6, 6.07) is 3.71. The average molecular weight is 179 g/mol. The fraction of sp³-hybridized carbons (Fsp3) is 0.500. The lowest BCUT2D eigenvalue weighted by molar-refractivity contribution is -0.0409. The molecule has 1 aliphatic rings. The van der Waals surface area contributed by atoms with Gasteiger partial charge >= 0.3 is 0 Å². The Kier molecular flexibility index (Phi) is 1.96. The quantitative estimate of drug-likeness (QED) is 0.747. The number of nitrogens with zero attached hydrogens (tertiary/aromatic N) is 1. The van der Waals surface area contributed by atoms with Crippen LogP contribution in [0.4, 0.5) is 0 Å². The first-order valence-corrected chi connectivity index (χ1v) is 4.48. The van der Waals surface area contributed by atoms with Crippen molar-refractivity contribution in [3.8, 4) is 5.88 Å². The van der Waals surface area contributed by atoms with Crippen molar-refractivity contribution in [2.45, 2.75) is 24.9 Å². The van der Waals surface area contributed by atoms with Crippen LogP contribution in [0.3, 0.4) is 0 Å². The Morgan fingerprint density at radius 2 is 2.31 bits per heavy atom. The van der Waals surface area contributed by atoms with Crippen LogP contribution in [0.2, 0.25) is 0 Å². The van der Waals surface area contributed by atoms with Gasteiger partial charge in [0.25, 0.3) is 0 Å². The van der Waals surface area contributed by atoms with Gasteiger partial charge in [0.2, 0.25) is 5.88 Å². The van der Waals surface area contributed by atoms with Crippen molar-refractivity contribution in [3.05, 3.63) is 23.9 Å². The van der Waals surface area contributed by atoms with E-state index in [-0.39, 0.29) is 0 Å². The second kappa shape index (κ2) is 3.00. The lowest BCUT2D eigenvalue weighted by Crippen LogP contribution is -2.34. The van der Waals surface area contributed by atoms with Crippen molar-refractivity contribution in [1.82, 2.24) is 4.98 Å². The minimum Gasteiger partial charge on any atom is -0.481 e. The highest BCUT2D eigenvalue weighted by atomic mass is 16.5. The van der Waals surface area contributed by atoms with Crippen LogP contribution in [0.1, 0.15) is 24.8 Å². The predicted octanol–water partition coefficient (Wildman–Crippen LogP) is 1.46. The summed E-state index contributed by atoms with van der Waals surface area (Å²) in [6.45, 7) is 0. The summed E-state index contributed by atoms with van der Waals surface area (Å²) >= 11 is 0. The summed E-state index contributed by atoms with van der Waals surface area (Å²) in [5.41, 5.74) is 0.142. The van der Waals surface area contributed by atoms with Crippen LogP contribution in [-0.4, -0.2) is 17.2 Å². The third kappa shape index (κ3) is 1.29. The first kappa shape index (κ1) is 8.51. The van der Waals surface area contributed by atoms with E-state index in [2.05, 4.69) is 4.98 Å². The molecule has 1 heterocycles. The summed E-state index contributed by atoms with van der Waals surface area (Å²) in [4.78, 5) is 4.06. The number of aliphatic hydroxyl groups is 1. The molecule has 0 amide bonds. The van der Waals surface area contributed by atoms with Crippen LogP contribution in [0, 0.1) is 0 Å². The molecule has 1 aromatic rings. The Labute approximate surface area is 77.4 Å². The SMILES string of the molecule is COc1ncccc1C1(O)CCC1. The molecule has 1 aliphatic carbocycles. The van der Waals surface area contributed by atoms with E-state index in [0.29, 0.717) is 5.88 Å². The summed E-state index contributed by atoms with van der Waals surface area (Å²) in [7, 11) is 1.58. The van der Waals surface area contributed by atoms with E-state index >= 15 is 0 Å². The second-order valence-corrected chi connectivity index (χ2v) is 3.45. The van der Waals surface area contributed by atoms with Crippen LogP contribution in [0.15, 0.2) is 18.3 Å². The summed E-state index contributed by atoms with van der Waals surface area (Å²) < 4.78 is 5.10. The Morgan fingerprint density at radius 1 is 1.54 bits per heavy atom. The molecular weight excluding hydrogens is 166 g/mol. The van der Waals surface area contributed by atoms with Crippen molar-refractivity contribution in [1.29, 1.82) is 0 Å². The van der Waals surface area contributed by atoms with E-state index in [4.69, 9.17) is 4.74 Å². The van der Waals surface area contributed by atoms with Crippen molar-refractivity contribution in [3.63, 3.8) is 0 Å². The average Bonchev–Trinajstić information content (AvgIpc) is 2.14. The molecule has 0 spiro atoms. The fourth-order valence-electron chi connectivity index (χ4n) is 1.69. The van der Waals surface area contributed by atoms with E-state index in [1.165, 1.54) is 0 Å². The van der Waals surface area contributed by atoms with Crippen LogP contribution in [-0.2, 0) is 5.60 Å². The molecule has 3 heteroatoms. The summed E-state index contributed by atoms with van der Waals surface area (Å²) in [5, 5.41) is 10.1. The normalized spacial score (nSPS) is 19.2. The predicted molar refractivity (Wildman–Crippen MR) is 48.5 cm³/mol. The van der Waals surface area contributed by atoms with Crippen molar-refractivity contribution < 1.29 is 9.84 Å². The fourth-order valence-corrected chi connectivity index (χ4v) is 1.69. The molecule has 13 heavy (non-hydrogen) atoms. The van der Waals surface area contributed by atoms with Gasteiger partial charge in [-0.05, 0) is 31.4 Å². The van der Waals surface area contributed by atoms with E-state index in [0.717, 1.165) is 24.8 Å². The molecule has 70 valence electrons. The highest BCUT2D eigenvalue weighted by molar-refractivity contribution is 5.33. The highest BCUT2D eigenvalue weighted by Crippen LogP contribution is 2.43. The van der Waals surface area contributed by atoms with Gasteiger partial charge in [0.15, 0.2) is 0 Å². The molecule has 1 fully saturated rings. The third-order valence-electron chi connectivity index (χ3n) is 2.65. The van der Waals surface area contributed by atoms with Gasteiger partial charge in [-0.2, -0.15) is 0 Å². The van der Waals surface area contributed by atoms with Crippen LogP contribution in [0.5, 0.6) is 5.88 Å². The lowest BCUT2D eigenvalue weighted by Gasteiger charge is -2.37. The Morgan fingerprint density at radius 3 is 2.85 bits per heavy atom. The van der Waals surface area contributed by atoms with Crippen molar-refractivity contribution in [2.24, 2.45) is 0 Å². The molecule has 0 radical (unpaired) electrons. The van der Waals surface area contributed by atoms with Crippen LogP contribution >= 0.6 is 0 Å². The minimum absolute atomic E-state index is 0.546. The lowest BCUT2D eigenvalue weighted by atomic mass is 9.75. The molecule has 1 saturated carbocycles. The molecule has 2 rings (SSSR count). The van der Waals surface area contributed by atoms with Gasteiger partial charge in [-0.1, -0.05) is 0 Å². The minimum atomic E-state index is -0.681. The summed E-state index contributed by atoms with van der Waals surface area (Å²) in [6.07, 6.45) is 4.38. The largest absolute Gasteiger partial charge is 0.481 e. The Balaban J connectivity index is 2.38. The maximum atomic E-state index is 10.1. The zero-order chi connectivity index (χ0) is 9.31. The molecular formula is C10H13NO2. The number of methoxy groups -OCH3 is 1. The first-order chi connectivity index (χ1) is 6.26. The van der Waals surface area contributed by atoms with Gasteiger partial charge in [0, 0.05) is 11.8 Å². The van der Waals surface area contributed by atoms with E-state index < -0.39 is 5.60 Å². The highest BCUT2D eigenvalue weighted by Gasteiger charge is 2.38. The van der Waals surface area contributed by atoms with Crippen LogP contribution in [0.25, 0.3) is 0 Å². The molecule has 0 aromatic carbocycles. The van der Waals surface area contributed by atoms with Gasteiger partial charge in [0.05, 0.1) is 12.7 Å². The number of aromatic nitrogens is 1. The van der Waals surface area contributed by atoms with E-state index in [9.17, 15) is 5.11 Å². The molecule has 0 saturated heterocycles. The number of ether oxygens (including phenoxy) is 1. The van der Waals surface area contributed by atoms with Crippen molar-refractivity contribution >= 4 is 0 Å². The molecule has 1 aromatic heterocycles.